The van der Waals surface area contributed by atoms with Crippen molar-refractivity contribution in [3.05, 3.63) is 114 Å². The molecule has 0 saturated heterocycles. The lowest BCUT2D eigenvalue weighted by Gasteiger charge is -2.37. The van der Waals surface area contributed by atoms with Crippen molar-refractivity contribution in [3.8, 4) is 0 Å². The van der Waals surface area contributed by atoms with Crippen LogP contribution in [0.3, 0.4) is 0 Å². The van der Waals surface area contributed by atoms with E-state index in [1.807, 2.05) is 77.5 Å². The first-order chi connectivity index (χ1) is 15.2. The van der Waals surface area contributed by atoms with Crippen LogP contribution in [-0.2, 0) is 6.54 Å². The molecule has 0 bridgehead atoms. The Kier molecular flexibility index (Phi) is 5.00. The molecule has 31 heavy (non-hydrogen) atoms. The van der Waals surface area contributed by atoms with E-state index in [9.17, 15) is 4.79 Å². The van der Waals surface area contributed by atoms with Crippen LogP contribution in [0.25, 0.3) is 0 Å². The van der Waals surface area contributed by atoms with Crippen LogP contribution in [0.15, 0.2) is 97.3 Å². The molecule has 0 saturated carbocycles. The van der Waals surface area contributed by atoms with E-state index in [1.54, 1.807) is 6.20 Å². The van der Waals surface area contributed by atoms with Crippen molar-refractivity contribution < 1.29 is 4.79 Å². The SMILES string of the molecule is CN(c1ccccc1)c1ccc(C(=O)N2CCn3cccc3C2c2ccccc2)cn1. The number of amides is 1. The summed E-state index contributed by atoms with van der Waals surface area (Å²) in [6.07, 6.45) is 3.77. The monoisotopic (exact) mass is 408 g/mol. The van der Waals surface area contributed by atoms with Crippen molar-refractivity contribution in [2.75, 3.05) is 18.5 Å². The summed E-state index contributed by atoms with van der Waals surface area (Å²) in [7, 11) is 1.98. The van der Waals surface area contributed by atoms with E-state index in [0.29, 0.717) is 12.1 Å². The average molecular weight is 409 g/mol. The summed E-state index contributed by atoms with van der Waals surface area (Å²) in [5.41, 5.74) is 3.91. The van der Waals surface area contributed by atoms with Gasteiger partial charge in [-0.1, -0.05) is 48.5 Å². The summed E-state index contributed by atoms with van der Waals surface area (Å²) < 4.78 is 2.23. The Labute approximate surface area is 182 Å². The minimum absolute atomic E-state index is 0.00252. The van der Waals surface area contributed by atoms with Gasteiger partial charge in [0.1, 0.15) is 5.82 Å². The molecule has 5 nitrogen and oxygen atoms in total. The van der Waals surface area contributed by atoms with Crippen molar-refractivity contribution in [1.82, 2.24) is 14.5 Å². The molecule has 5 rings (SSSR count). The van der Waals surface area contributed by atoms with Gasteiger partial charge in [0.05, 0.1) is 11.6 Å². The Morgan fingerprint density at radius 1 is 0.903 bits per heavy atom. The van der Waals surface area contributed by atoms with Crippen LogP contribution in [0.5, 0.6) is 0 Å². The Hall–Kier alpha value is -3.86. The maximum absolute atomic E-state index is 13.5. The van der Waals surface area contributed by atoms with Gasteiger partial charge in [-0.2, -0.15) is 0 Å². The number of carbonyl (C=O) groups is 1. The number of pyridine rings is 1. The number of para-hydroxylation sites is 1. The lowest BCUT2D eigenvalue weighted by atomic mass is 9.99. The van der Waals surface area contributed by atoms with Gasteiger partial charge in [-0.25, -0.2) is 4.98 Å². The van der Waals surface area contributed by atoms with E-state index in [-0.39, 0.29) is 11.9 Å². The molecular formula is C26H24N4O. The normalized spacial score (nSPS) is 15.4. The highest BCUT2D eigenvalue weighted by Gasteiger charge is 2.32. The van der Waals surface area contributed by atoms with Crippen LogP contribution >= 0.6 is 0 Å². The largest absolute Gasteiger partial charge is 0.348 e. The van der Waals surface area contributed by atoms with Crippen molar-refractivity contribution in [3.63, 3.8) is 0 Å². The number of hydrogen-bond acceptors (Lipinski definition) is 3. The number of aromatic nitrogens is 2. The minimum atomic E-state index is -0.107. The van der Waals surface area contributed by atoms with Gasteiger partial charge < -0.3 is 14.4 Å². The third-order valence-corrected chi connectivity index (χ3v) is 5.90. The lowest BCUT2D eigenvalue weighted by Crippen LogP contribution is -2.42. The van der Waals surface area contributed by atoms with Gasteiger partial charge in [-0.15, -0.1) is 0 Å². The summed E-state index contributed by atoms with van der Waals surface area (Å²) in [6, 6.07) is 28.1. The Balaban J connectivity index is 1.44. The molecule has 154 valence electrons. The molecule has 0 radical (unpaired) electrons. The second kappa shape index (κ2) is 8.11. The highest BCUT2D eigenvalue weighted by atomic mass is 16.2. The Bertz CT molecular complexity index is 1170. The molecule has 5 heteroatoms. The number of carbonyl (C=O) groups excluding carboxylic acids is 1. The summed E-state index contributed by atoms with van der Waals surface area (Å²) in [6.45, 7) is 1.45. The van der Waals surface area contributed by atoms with Gasteiger partial charge in [-0.05, 0) is 42.0 Å². The fourth-order valence-corrected chi connectivity index (χ4v) is 4.25. The van der Waals surface area contributed by atoms with Gasteiger partial charge in [0.25, 0.3) is 5.91 Å². The first-order valence-electron chi connectivity index (χ1n) is 10.5. The third kappa shape index (κ3) is 3.59. The smallest absolute Gasteiger partial charge is 0.256 e. The average Bonchev–Trinajstić information content (AvgIpc) is 3.33. The van der Waals surface area contributed by atoms with E-state index in [2.05, 4.69) is 40.0 Å². The predicted octanol–water partition coefficient (Wildman–Crippen LogP) is 4.90. The first kappa shape index (κ1) is 19.1. The molecule has 3 heterocycles. The van der Waals surface area contributed by atoms with Crippen LogP contribution in [0.2, 0.25) is 0 Å². The zero-order chi connectivity index (χ0) is 21.2. The fourth-order valence-electron chi connectivity index (χ4n) is 4.25. The standard InChI is InChI=1S/C26H24N4O/c1-28(22-11-6-3-7-12-22)24-15-14-21(19-27-24)26(31)30-18-17-29-16-8-13-23(29)25(30)20-9-4-2-5-10-20/h2-16,19,25H,17-18H2,1H3. The van der Waals surface area contributed by atoms with Crippen LogP contribution in [-0.4, -0.2) is 34.0 Å². The number of nitrogens with zero attached hydrogens (tertiary/aromatic N) is 4. The molecule has 4 aromatic rings. The predicted molar refractivity (Wildman–Crippen MR) is 122 cm³/mol. The second-order valence-electron chi connectivity index (χ2n) is 7.74. The Morgan fingerprint density at radius 2 is 1.65 bits per heavy atom. The second-order valence-corrected chi connectivity index (χ2v) is 7.74. The molecule has 1 atom stereocenters. The van der Waals surface area contributed by atoms with Gasteiger partial charge in [0, 0.05) is 43.9 Å². The number of rotatable bonds is 4. The van der Waals surface area contributed by atoms with Crippen molar-refractivity contribution >= 4 is 17.4 Å². The Morgan fingerprint density at radius 3 is 2.35 bits per heavy atom. The van der Waals surface area contributed by atoms with Crippen LogP contribution < -0.4 is 4.90 Å². The maximum Gasteiger partial charge on any atom is 0.256 e. The van der Waals surface area contributed by atoms with E-state index < -0.39 is 0 Å². The van der Waals surface area contributed by atoms with Crippen LogP contribution in [0, 0.1) is 0 Å². The summed E-state index contributed by atoms with van der Waals surface area (Å²) in [5.74, 6) is 0.803. The third-order valence-electron chi connectivity index (χ3n) is 5.90. The first-order valence-corrected chi connectivity index (χ1v) is 10.5. The summed E-state index contributed by atoms with van der Waals surface area (Å²) in [5, 5.41) is 0. The van der Waals surface area contributed by atoms with Crippen molar-refractivity contribution in [1.29, 1.82) is 0 Å². The van der Waals surface area contributed by atoms with E-state index in [4.69, 9.17) is 0 Å². The lowest BCUT2D eigenvalue weighted by molar-refractivity contribution is 0.0663. The van der Waals surface area contributed by atoms with Gasteiger partial charge in [0.15, 0.2) is 0 Å². The summed E-state index contributed by atoms with van der Waals surface area (Å²) >= 11 is 0. The quantitative estimate of drug-likeness (QED) is 0.482. The van der Waals surface area contributed by atoms with E-state index in [0.717, 1.165) is 29.3 Å². The molecule has 1 aliphatic heterocycles. The topological polar surface area (TPSA) is 41.4 Å². The van der Waals surface area contributed by atoms with Crippen molar-refractivity contribution in [2.24, 2.45) is 0 Å². The zero-order valence-corrected chi connectivity index (χ0v) is 17.4. The minimum Gasteiger partial charge on any atom is -0.348 e. The molecule has 2 aromatic heterocycles. The van der Waals surface area contributed by atoms with Crippen LogP contribution in [0.1, 0.15) is 27.7 Å². The maximum atomic E-state index is 13.5. The molecule has 2 aromatic carbocycles. The number of anilines is 2. The number of benzene rings is 2. The van der Waals surface area contributed by atoms with E-state index >= 15 is 0 Å². The molecular weight excluding hydrogens is 384 g/mol. The van der Waals surface area contributed by atoms with E-state index in [1.165, 1.54) is 0 Å². The highest BCUT2D eigenvalue weighted by Crippen LogP contribution is 2.33. The number of fused-ring (bicyclic) bond motifs is 1. The zero-order valence-electron chi connectivity index (χ0n) is 17.4. The summed E-state index contributed by atoms with van der Waals surface area (Å²) in [4.78, 5) is 22.1. The molecule has 1 unspecified atom stereocenters. The molecule has 1 aliphatic rings. The molecule has 1 amide bonds. The molecule has 0 spiro atoms. The highest BCUT2D eigenvalue weighted by molar-refractivity contribution is 5.94. The molecule has 0 fully saturated rings. The van der Waals surface area contributed by atoms with Gasteiger partial charge in [-0.3, -0.25) is 4.79 Å². The van der Waals surface area contributed by atoms with Crippen molar-refractivity contribution in [2.45, 2.75) is 12.6 Å². The molecule has 0 aliphatic carbocycles. The fraction of sp³-hybridized carbons (Fsp3) is 0.154. The van der Waals surface area contributed by atoms with Gasteiger partial charge >= 0.3 is 0 Å². The van der Waals surface area contributed by atoms with Crippen LogP contribution in [0.4, 0.5) is 11.5 Å². The number of hydrogen-bond donors (Lipinski definition) is 0. The van der Waals surface area contributed by atoms with Gasteiger partial charge in [0.2, 0.25) is 0 Å². The molecule has 0 N–H and O–H groups in total.